The van der Waals surface area contributed by atoms with E-state index in [1.165, 1.54) is 24.0 Å². The average molecular weight is 267 g/mol. The van der Waals surface area contributed by atoms with Crippen molar-refractivity contribution in [3.63, 3.8) is 0 Å². The van der Waals surface area contributed by atoms with Crippen LogP contribution in [-0.4, -0.2) is 36.8 Å². The van der Waals surface area contributed by atoms with Gasteiger partial charge in [-0.3, -0.25) is 4.21 Å². The molecule has 0 spiro atoms. The van der Waals surface area contributed by atoms with Crippen LogP contribution >= 0.6 is 0 Å². The van der Waals surface area contributed by atoms with Crippen LogP contribution in [0.5, 0.6) is 0 Å². The molecule has 0 saturated carbocycles. The minimum absolute atomic E-state index is 0.143. The van der Waals surface area contributed by atoms with Crippen molar-refractivity contribution >= 4 is 10.8 Å². The molecule has 3 nitrogen and oxygen atoms in total. The van der Waals surface area contributed by atoms with Gasteiger partial charge in [0, 0.05) is 23.8 Å². The van der Waals surface area contributed by atoms with E-state index in [1.807, 2.05) is 13.1 Å². The minimum atomic E-state index is -0.950. The van der Waals surface area contributed by atoms with Crippen LogP contribution in [0.3, 0.4) is 0 Å². The van der Waals surface area contributed by atoms with Crippen molar-refractivity contribution in [2.75, 3.05) is 26.5 Å². The topological polar surface area (TPSA) is 38.3 Å². The van der Waals surface area contributed by atoms with E-state index in [4.69, 9.17) is 4.74 Å². The number of hydrogen-bond acceptors (Lipinski definition) is 3. The third-order valence-electron chi connectivity index (χ3n) is 3.46. The molecule has 0 saturated heterocycles. The minimum Gasteiger partial charge on any atom is -0.383 e. The maximum atomic E-state index is 12.3. The van der Waals surface area contributed by atoms with Crippen LogP contribution in [-0.2, 0) is 28.4 Å². The summed E-state index contributed by atoms with van der Waals surface area (Å²) < 4.78 is 17.4. The number of ether oxygens (including phenoxy) is 1. The van der Waals surface area contributed by atoms with Crippen LogP contribution in [0.1, 0.15) is 17.5 Å². The summed E-state index contributed by atoms with van der Waals surface area (Å²) in [5.41, 5.74) is 2.81. The van der Waals surface area contributed by atoms with Crippen molar-refractivity contribution in [3.05, 3.63) is 29.3 Å². The molecule has 100 valence electrons. The molecule has 1 N–H and O–H groups in total. The number of nitrogens with one attached hydrogen (secondary N) is 1. The highest BCUT2D eigenvalue weighted by Gasteiger charge is 2.16. The smallest absolute Gasteiger partial charge is 0.0624 e. The molecular weight excluding hydrogens is 246 g/mol. The van der Waals surface area contributed by atoms with Gasteiger partial charge < -0.3 is 10.1 Å². The van der Waals surface area contributed by atoms with Gasteiger partial charge in [-0.25, -0.2) is 0 Å². The molecule has 18 heavy (non-hydrogen) atoms. The highest BCUT2D eigenvalue weighted by atomic mass is 32.2. The highest BCUT2D eigenvalue weighted by molar-refractivity contribution is 7.85. The number of methoxy groups -OCH3 is 1. The summed E-state index contributed by atoms with van der Waals surface area (Å²) in [4.78, 5) is 0.951. The Kier molecular flexibility index (Phi) is 4.92. The lowest BCUT2D eigenvalue weighted by Crippen LogP contribution is -2.35. The molecule has 0 aliphatic heterocycles. The van der Waals surface area contributed by atoms with Crippen LogP contribution in [0, 0.1) is 0 Å². The molecule has 2 unspecified atom stereocenters. The Balaban J connectivity index is 2.04. The molecule has 0 aromatic heterocycles. The van der Waals surface area contributed by atoms with Crippen LogP contribution in [0.2, 0.25) is 0 Å². The first kappa shape index (κ1) is 13.7. The van der Waals surface area contributed by atoms with Gasteiger partial charge in [0.2, 0.25) is 0 Å². The molecule has 1 aliphatic rings. The van der Waals surface area contributed by atoms with Crippen molar-refractivity contribution in [3.8, 4) is 0 Å². The number of aryl methyl sites for hydroxylation is 2. The molecule has 0 fully saturated rings. The summed E-state index contributed by atoms with van der Waals surface area (Å²) in [6.07, 6.45) is 3.53. The lowest BCUT2D eigenvalue weighted by molar-refractivity contribution is 0.176. The van der Waals surface area contributed by atoms with Gasteiger partial charge in [0.05, 0.1) is 17.4 Å². The van der Waals surface area contributed by atoms with E-state index < -0.39 is 10.8 Å². The van der Waals surface area contributed by atoms with E-state index in [2.05, 4.69) is 17.4 Å². The Morgan fingerprint density at radius 1 is 1.39 bits per heavy atom. The molecular formula is C14H21NO2S. The van der Waals surface area contributed by atoms with E-state index in [0.717, 1.165) is 11.3 Å². The van der Waals surface area contributed by atoms with E-state index in [1.54, 1.807) is 7.11 Å². The summed E-state index contributed by atoms with van der Waals surface area (Å²) in [5.74, 6) is 0.600. The number of rotatable bonds is 6. The number of likely N-dealkylation sites (N-methyl/N-ethyl adjacent to an activating group) is 1. The first-order chi connectivity index (χ1) is 8.74. The summed E-state index contributed by atoms with van der Waals surface area (Å²) >= 11 is 0. The maximum Gasteiger partial charge on any atom is 0.0624 e. The normalized spacial score (nSPS) is 17.4. The lowest BCUT2D eigenvalue weighted by atomic mass is 10.1. The van der Waals surface area contributed by atoms with E-state index >= 15 is 0 Å². The van der Waals surface area contributed by atoms with Gasteiger partial charge >= 0.3 is 0 Å². The Morgan fingerprint density at radius 3 is 2.89 bits per heavy atom. The molecule has 0 radical (unpaired) electrons. The standard InChI is InChI=1S/C14H21NO2S/c1-15-13(9-17-2)10-18(16)14-7-6-11-4-3-5-12(11)8-14/h6-8,13,15H,3-5,9-10H2,1-2H3. The first-order valence-electron chi connectivity index (χ1n) is 6.41. The summed E-state index contributed by atoms with van der Waals surface area (Å²) in [7, 11) is 2.60. The predicted octanol–water partition coefficient (Wildman–Crippen LogP) is 1.52. The molecule has 2 rings (SSSR count). The van der Waals surface area contributed by atoms with Crippen LogP contribution in [0.15, 0.2) is 23.1 Å². The van der Waals surface area contributed by atoms with Crippen molar-refractivity contribution in [2.24, 2.45) is 0 Å². The number of fused-ring (bicyclic) bond motifs is 1. The van der Waals surface area contributed by atoms with E-state index in [9.17, 15) is 4.21 Å². The fraction of sp³-hybridized carbons (Fsp3) is 0.571. The molecule has 0 heterocycles. The second-order valence-corrected chi connectivity index (χ2v) is 6.23. The van der Waals surface area contributed by atoms with Gasteiger partial charge in [-0.2, -0.15) is 0 Å². The van der Waals surface area contributed by atoms with Crippen molar-refractivity contribution < 1.29 is 8.95 Å². The summed E-state index contributed by atoms with van der Waals surface area (Å²) in [5, 5.41) is 3.14. The zero-order chi connectivity index (χ0) is 13.0. The Labute approximate surface area is 111 Å². The SMILES string of the molecule is CNC(COC)CS(=O)c1ccc2c(c1)CCC2. The zero-order valence-electron chi connectivity index (χ0n) is 11.1. The largest absolute Gasteiger partial charge is 0.383 e. The molecule has 1 aliphatic carbocycles. The van der Waals surface area contributed by atoms with E-state index in [-0.39, 0.29) is 6.04 Å². The van der Waals surface area contributed by atoms with E-state index in [0.29, 0.717) is 12.4 Å². The molecule has 0 bridgehead atoms. The Morgan fingerprint density at radius 2 is 2.17 bits per heavy atom. The number of hydrogen-bond donors (Lipinski definition) is 1. The van der Waals surface area contributed by atoms with Gasteiger partial charge in [-0.1, -0.05) is 6.07 Å². The Hall–Kier alpha value is -0.710. The third-order valence-corrected chi connectivity index (χ3v) is 4.95. The fourth-order valence-electron chi connectivity index (χ4n) is 2.38. The average Bonchev–Trinajstić information content (AvgIpc) is 2.85. The summed E-state index contributed by atoms with van der Waals surface area (Å²) in [6, 6.07) is 6.42. The van der Waals surface area contributed by atoms with Crippen molar-refractivity contribution in [1.29, 1.82) is 0 Å². The second kappa shape index (κ2) is 6.45. The second-order valence-electron chi connectivity index (χ2n) is 4.74. The van der Waals surface area contributed by atoms with Crippen LogP contribution in [0.4, 0.5) is 0 Å². The van der Waals surface area contributed by atoms with Gasteiger partial charge in [0.15, 0.2) is 0 Å². The van der Waals surface area contributed by atoms with Crippen molar-refractivity contribution in [2.45, 2.75) is 30.2 Å². The molecule has 1 aromatic carbocycles. The monoisotopic (exact) mass is 267 g/mol. The number of benzene rings is 1. The summed E-state index contributed by atoms with van der Waals surface area (Å²) in [6.45, 7) is 0.590. The third kappa shape index (κ3) is 3.19. The molecule has 4 heteroatoms. The van der Waals surface area contributed by atoms with Crippen LogP contribution in [0.25, 0.3) is 0 Å². The first-order valence-corrected chi connectivity index (χ1v) is 7.73. The maximum absolute atomic E-state index is 12.3. The van der Waals surface area contributed by atoms with Gasteiger partial charge in [0.25, 0.3) is 0 Å². The fourth-order valence-corrected chi connectivity index (χ4v) is 3.70. The highest BCUT2D eigenvalue weighted by Crippen LogP contribution is 2.24. The molecule has 0 amide bonds. The van der Waals surface area contributed by atoms with Gasteiger partial charge in [-0.05, 0) is 49.6 Å². The predicted molar refractivity (Wildman–Crippen MR) is 74.5 cm³/mol. The quantitative estimate of drug-likeness (QED) is 0.849. The zero-order valence-corrected chi connectivity index (χ0v) is 11.9. The van der Waals surface area contributed by atoms with Crippen LogP contribution < -0.4 is 5.32 Å². The van der Waals surface area contributed by atoms with Gasteiger partial charge in [-0.15, -0.1) is 0 Å². The lowest BCUT2D eigenvalue weighted by Gasteiger charge is -2.14. The van der Waals surface area contributed by atoms with Gasteiger partial charge in [0.1, 0.15) is 0 Å². The Bertz CT molecular complexity index is 434. The molecule has 2 atom stereocenters. The molecule has 1 aromatic rings. The van der Waals surface area contributed by atoms with Crippen molar-refractivity contribution in [1.82, 2.24) is 5.32 Å².